The molecule has 11 heteroatoms. The summed E-state index contributed by atoms with van der Waals surface area (Å²) in [5, 5.41) is 21.4. The number of rotatable bonds is 5. The Bertz CT molecular complexity index is 923. The molecule has 144 valence electrons. The lowest BCUT2D eigenvalue weighted by molar-refractivity contribution is -0.0400. The molecule has 1 unspecified atom stereocenters. The Hall–Kier alpha value is -1.32. The van der Waals surface area contributed by atoms with E-state index in [1.54, 1.807) is 6.26 Å². The first-order valence-electron chi connectivity index (χ1n) is 8.13. The molecule has 3 heterocycles. The fourth-order valence-electron chi connectivity index (χ4n) is 3.01. The fourth-order valence-corrected chi connectivity index (χ4v) is 4.54. The first-order chi connectivity index (χ1) is 12.1. The van der Waals surface area contributed by atoms with Crippen LogP contribution in [0.3, 0.4) is 0 Å². The number of aliphatic hydroxyl groups is 2. The molecule has 4 atom stereocenters. The molecule has 26 heavy (non-hydrogen) atoms. The van der Waals surface area contributed by atoms with E-state index in [9.17, 15) is 15.0 Å². The van der Waals surface area contributed by atoms with Gasteiger partial charge in [-0.25, -0.2) is 4.98 Å². The van der Waals surface area contributed by atoms with Crippen LogP contribution in [0.15, 0.2) is 9.95 Å². The number of aliphatic hydroxyl groups excluding tert-OH is 2. The van der Waals surface area contributed by atoms with Crippen molar-refractivity contribution in [1.82, 2.24) is 19.5 Å². The molecule has 1 saturated heterocycles. The monoisotopic (exact) mass is 401 g/mol. The van der Waals surface area contributed by atoms with Gasteiger partial charge in [0.1, 0.15) is 12.2 Å². The molecule has 1 aliphatic heterocycles. The van der Waals surface area contributed by atoms with Crippen molar-refractivity contribution in [2.24, 2.45) is 0 Å². The predicted molar refractivity (Wildman–Crippen MR) is 106 cm³/mol. The number of fused-ring (bicyclic) bond motifs is 1. The molecule has 0 amide bonds. The van der Waals surface area contributed by atoms with Gasteiger partial charge < -0.3 is 20.7 Å². The van der Waals surface area contributed by atoms with Crippen molar-refractivity contribution in [1.29, 1.82) is 0 Å². The molecule has 1 fully saturated rings. The number of aromatic nitrogens is 4. The van der Waals surface area contributed by atoms with Gasteiger partial charge in [-0.15, -0.1) is 13.2 Å². The summed E-state index contributed by atoms with van der Waals surface area (Å²) in [6.45, 7) is 2.93. The largest absolute Gasteiger partial charge is 0.388 e. The molecule has 0 spiro atoms. The van der Waals surface area contributed by atoms with Gasteiger partial charge >= 0.3 is 0 Å². The molecule has 2 aromatic rings. The number of anilines is 1. The zero-order valence-corrected chi connectivity index (χ0v) is 16.6. The lowest BCUT2D eigenvalue weighted by atomic mass is 10.1. The molecule has 0 aliphatic carbocycles. The molecule has 5 N–H and O–H groups in total. The van der Waals surface area contributed by atoms with Crippen LogP contribution < -0.4 is 11.3 Å². The Labute approximate surface area is 155 Å². The average Bonchev–Trinajstić information content (AvgIpc) is 3.04. The Morgan fingerprint density at radius 3 is 2.69 bits per heavy atom. The van der Waals surface area contributed by atoms with Gasteiger partial charge in [-0.3, -0.25) is 14.3 Å². The number of nitrogens with one attached hydrogen (secondary N) is 1. The maximum Gasteiger partial charge on any atom is 0.280 e. The molecule has 0 saturated carbocycles. The minimum absolute atomic E-state index is 0.0514. The maximum absolute atomic E-state index is 12.1. The highest BCUT2D eigenvalue weighted by Crippen LogP contribution is 2.40. The molecular weight excluding hydrogens is 377 g/mol. The van der Waals surface area contributed by atoms with Crippen LogP contribution in [0, 0.1) is 0 Å². The summed E-state index contributed by atoms with van der Waals surface area (Å²) in [6, 6.07) is 0. The summed E-state index contributed by atoms with van der Waals surface area (Å²) in [5.74, 6) is -0.0514. The summed E-state index contributed by atoms with van der Waals surface area (Å²) >= 11 is 1.29. The normalized spacial score (nSPS) is 26.7. The number of aromatic amines is 1. The van der Waals surface area contributed by atoms with E-state index >= 15 is 0 Å². The summed E-state index contributed by atoms with van der Waals surface area (Å²) in [7, 11) is 0. The molecular formula is C15H24N5O4PS. The highest BCUT2D eigenvalue weighted by Gasteiger charge is 2.45. The second-order valence-corrected chi connectivity index (χ2v) is 12.2. The van der Waals surface area contributed by atoms with Crippen molar-refractivity contribution in [2.45, 2.75) is 36.1 Å². The molecule has 0 radical (unpaired) electrons. The molecule has 0 aromatic carbocycles. The van der Waals surface area contributed by atoms with E-state index in [4.69, 9.17) is 10.5 Å². The SMILES string of the molecule is C=P(C)(C)CC[C@H]1OC(n2c(SC)nc3c(=O)[nH]c(N)nc32)[C@H](O)[C@@H]1O. The first-order valence-corrected chi connectivity index (χ1v) is 12.4. The van der Waals surface area contributed by atoms with Crippen LogP contribution >= 0.6 is 18.6 Å². The Kier molecular flexibility index (Phi) is 5.24. The van der Waals surface area contributed by atoms with Crippen molar-refractivity contribution < 1.29 is 14.9 Å². The van der Waals surface area contributed by atoms with E-state index in [0.717, 1.165) is 6.16 Å². The number of imidazole rings is 1. The smallest absolute Gasteiger partial charge is 0.280 e. The summed E-state index contributed by atoms with van der Waals surface area (Å²) in [4.78, 5) is 22.9. The zero-order valence-electron chi connectivity index (χ0n) is 14.9. The number of hydrogen-bond acceptors (Lipinski definition) is 8. The van der Waals surface area contributed by atoms with E-state index in [1.165, 1.54) is 16.3 Å². The quantitative estimate of drug-likeness (QED) is 0.410. The number of hydrogen-bond donors (Lipinski definition) is 4. The van der Waals surface area contributed by atoms with Crippen LogP contribution in [-0.2, 0) is 4.74 Å². The lowest BCUT2D eigenvalue weighted by Crippen LogP contribution is -2.32. The van der Waals surface area contributed by atoms with Crippen LogP contribution in [0.5, 0.6) is 0 Å². The number of nitrogens with zero attached hydrogens (tertiary/aromatic N) is 3. The minimum atomic E-state index is -1.28. The minimum Gasteiger partial charge on any atom is -0.388 e. The molecule has 0 bridgehead atoms. The maximum atomic E-state index is 12.1. The number of ether oxygens (including phenoxy) is 1. The van der Waals surface area contributed by atoms with Gasteiger partial charge in [-0.2, -0.15) is 4.98 Å². The van der Waals surface area contributed by atoms with Crippen molar-refractivity contribution >= 4 is 42.1 Å². The third-order valence-corrected chi connectivity index (χ3v) is 6.45. The summed E-state index contributed by atoms with van der Waals surface area (Å²) in [5.41, 5.74) is 5.53. The fraction of sp³-hybridized carbons (Fsp3) is 0.600. The first kappa shape index (κ1) is 19.4. The van der Waals surface area contributed by atoms with Crippen molar-refractivity contribution in [3.05, 3.63) is 10.4 Å². The van der Waals surface area contributed by atoms with Crippen LogP contribution in [0.4, 0.5) is 5.95 Å². The number of nitrogen functional groups attached to an aromatic ring is 1. The van der Waals surface area contributed by atoms with Gasteiger partial charge in [0, 0.05) is 0 Å². The van der Waals surface area contributed by atoms with Crippen molar-refractivity contribution in [2.75, 3.05) is 31.5 Å². The standard InChI is InChI=1S/C15H24N5O4PS/c1-25(2,3)6-5-7-9(21)10(22)13(24-7)20-11-8(17-15(20)26-4)12(23)19-14(16)18-11/h7,9-10,13,21-22H,1,5-6H2,2-4H3,(H3,16,18,19,23)/t7-,9-,10-,13?/m1/s1. The van der Waals surface area contributed by atoms with Crippen LogP contribution in [0.25, 0.3) is 11.2 Å². The molecule has 3 rings (SSSR count). The Morgan fingerprint density at radius 2 is 2.08 bits per heavy atom. The van der Waals surface area contributed by atoms with Gasteiger partial charge in [-0.1, -0.05) is 11.8 Å². The molecule has 9 nitrogen and oxygen atoms in total. The van der Waals surface area contributed by atoms with Crippen LogP contribution in [0.2, 0.25) is 0 Å². The molecule has 1 aliphatic rings. The topological polar surface area (TPSA) is 139 Å². The van der Waals surface area contributed by atoms with Gasteiger partial charge in [-0.05, 0) is 32.2 Å². The zero-order chi connectivity index (χ0) is 19.2. The summed E-state index contributed by atoms with van der Waals surface area (Å²) in [6.07, 6.45) is 3.74. The van der Waals surface area contributed by atoms with Gasteiger partial charge in [0.25, 0.3) is 5.56 Å². The highest BCUT2D eigenvalue weighted by atomic mass is 32.2. The van der Waals surface area contributed by atoms with Crippen LogP contribution in [0.1, 0.15) is 12.6 Å². The van der Waals surface area contributed by atoms with E-state index in [0.29, 0.717) is 11.6 Å². The summed E-state index contributed by atoms with van der Waals surface area (Å²) < 4.78 is 7.49. The van der Waals surface area contributed by atoms with Gasteiger partial charge in [0.15, 0.2) is 22.5 Å². The predicted octanol–water partition coefficient (Wildman–Crippen LogP) is 0.142. The van der Waals surface area contributed by atoms with Gasteiger partial charge in [0.2, 0.25) is 5.95 Å². The second kappa shape index (κ2) is 7.01. The number of nitrogens with two attached hydrogens (primary N) is 1. The average molecular weight is 401 g/mol. The Morgan fingerprint density at radius 1 is 1.38 bits per heavy atom. The number of H-pyrrole nitrogens is 1. The van der Waals surface area contributed by atoms with Crippen molar-refractivity contribution in [3.8, 4) is 0 Å². The second-order valence-electron chi connectivity index (χ2n) is 7.09. The van der Waals surface area contributed by atoms with Crippen molar-refractivity contribution in [3.63, 3.8) is 0 Å². The lowest BCUT2D eigenvalue weighted by Gasteiger charge is -2.19. The van der Waals surface area contributed by atoms with Crippen LogP contribution in [-0.4, -0.2) is 80.1 Å². The van der Waals surface area contributed by atoms with E-state index in [-0.39, 0.29) is 17.1 Å². The Balaban J connectivity index is 2.01. The molecule has 2 aromatic heterocycles. The van der Waals surface area contributed by atoms with E-state index < -0.39 is 37.0 Å². The third-order valence-electron chi connectivity index (χ3n) is 4.33. The third kappa shape index (κ3) is 3.57. The number of thioether (sulfide) groups is 1. The highest BCUT2D eigenvalue weighted by molar-refractivity contribution is 7.98. The van der Waals surface area contributed by atoms with Gasteiger partial charge in [0.05, 0.1) is 6.10 Å². The van der Waals surface area contributed by atoms with E-state index in [2.05, 4.69) is 34.6 Å². The van der Waals surface area contributed by atoms with E-state index in [1.807, 2.05) is 0 Å².